The van der Waals surface area contributed by atoms with E-state index in [1.54, 1.807) is 18.2 Å². The van der Waals surface area contributed by atoms with E-state index in [9.17, 15) is 4.79 Å². The van der Waals surface area contributed by atoms with Crippen LogP contribution < -0.4 is 11.5 Å². The van der Waals surface area contributed by atoms with Crippen molar-refractivity contribution in [1.82, 2.24) is 0 Å². The first-order valence-corrected chi connectivity index (χ1v) is 5.41. The number of nitrogens with zero attached hydrogens (tertiary/aromatic N) is 1. The molecule has 1 rings (SSSR count). The van der Waals surface area contributed by atoms with Crippen LogP contribution in [-0.4, -0.2) is 17.0 Å². The lowest BCUT2D eigenvalue weighted by molar-refractivity contribution is -0.137. The number of carboxylic acid groups (broad SMARTS) is 1. The molecule has 0 bridgehead atoms. The molecule has 17 heavy (non-hydrogen) atoms. The molecule has 0 spiro atoms. The van der Waals surface area contributed by atoms with Crippen LogP contribution in [0.2, 0.25) is 10.0 Å². The van der Waals surface area contributed by atoms with E-state index in [1.807, 2.05) is 0 Å². The minimum Gasteiger partial charge on any atom is -0.481 e. The highest BCUT2D eigenvalue weighted by atomic mass is 35.5. The van der Waals surface area contributed by atoms with Gasteiger partial charge in [-0.05, 0) is 17.7 Å². The smallest absolute Gasteiger partial charge is 0.305 e. The van der Waals surface area contributed by atoms with Gasteiger partial charge in [0, 0.05) is 0 Å². The first-order chi connectivity index (χ1) is 7.90. The van der Waals surface area contributed by atoms with Crippen LogP contribution in [0.3, 0.4) is 0 Å². The first-order valence-electron chi connectivity index (χ1n) is 4.65. The summed E-state index contributed by atoms with van der Waals surface area (Å²) in [5, 5.41) is 9.48. The normalized spacial score (nSPS) is 11.9. The van der Waals surface area contributed by atoms with Crippen LogP contribution in [0.25, 0.3) is 0 Å². The number of aliphatic imine (C=N–C) groups is 1. The third-order valence-corrected chi connectivity index (χ3v) is 2.74. The average Bonchev–Trinajstić information content (AvgIpc) is 2.19. The SMILES string of the molecule is NC(N)=NC(CC(=O)O)c1ccc(Cl)c(Cl)c1. The average molecular weight is 276 g/mol. The highest BCUT2D eigenvalue weighted by molar-refractivity contribution is 6.42. The van der Waals surface area contributed by atoms with E-state index in [-0.39, 0.29) is 12.4 Å². The number of benzene rings is 1. The molecule has 0 amide bonds. The fraction of sp³-hybridized carbons (Fsp3) is 0.200. The maximum Gasteiger partial charge on any atom is 0.305 e. The van der Waals surface area contributed by atoms with Gasteiger partial charge in [-0.15, -0.1) is 0 Å². The summed E-state index contributed by atoms with van der Waals surface area (Å²) in [6.45, 7) is 0. The van der Waals surface area contributed by atoms with Gasteiger partial charge in [-0.1, -0.05) is 29.3 Å². The van der Waals surface area contributed by atoms with Crippen molar-refractivity contribution in [2.75, 3.05) is 0 Å². The Labute approximate surface area is 108 Å². The third kappa shape index (κ3) is 4.13. The van der Waals surface area contributed by atoms with E-state index in [0.717, 1.165) is 0 Å². The third-order valence-electron chi connectivity index (χ3n) is 2.00. The second kappa shape index (κ2) is 5.75. The molecule has 0 saturated carbocycles. The predicted molar refractivity (Wildman–Crippen MR) is 67.3 cm³/mol. The van der Waals surface area contributed by atoms with E-state index in [1.165, 1.54) is 0 Å². The largest absolute Gasteiger partial charge is 0.481 e. The van der Waals surface area contributed by atoms with E-state index in [2.05, 4.69) is 4.99 Å². The summed E-state index contributed by atoms with van der Waals surface area (Å²) < 4.78 is 0. The molecule has 0 aliphatic carbocycles. The quantitative estimate of drug-likeness (QED) is 0.576. The summed E-state index contributed by atoms with van der Waals surface area (Å²) in [4.78, 5) is 14.6. The van der Waals surface area contributed by atoms with Crippen molar-refractivity contribution in [2.45, 2.75) is 12.5 Å². The van der Waals surface area contributed by atoms with Crippen LogP contribution in [0.1, 0.15) is 18.0 Å². The number of carboxylic acids is 1. The van der Waals surface area contributed by atoms with Gasteiger partial charge in [0.15, 0.2) is 5.96 Å². The van der Waals surface area contributed by atoms with E-state index >= 15 is 0 Å². The summed E-state index contributed by atoms with van der Waals surface area (Å²) in [6, 6.07) is 4.07. The van der Waals surface area contributed by atoms with E-state index < -0.39 is 12.0 Å². The predicted octanol–water partition coefficient (Wildman–Crippen LogP) is 1.78. The van der Waals surface area contributed by atoms with Gasteiger partial charge < -0.3 is 16.6 Å². The van der Waals surface area contributed by atoms with Crippen molar-refractivity contribution < 1.29 is 9.90 Å². The van der Waals surface area contributed by atoms with Crippen LogP contribution in [0.4, 0.5) is 0 Å². The van der Waals surface area contributed by atoms with E-state index in [4.69, 9.17) is 39.8 Å². The number of hydrogen-bond acceptors (Lipinski definition) is 2. The Morgan fingerprint density at radius 2 is 2.00 bits per heavy atom. The van der Waals surface area contributed by atoms with Crippen LogP contribution in [0, 0.1) is 0 Å². The second-order valence-corrected chi connectivity index (χ2v) is 4.16. The Morgan fingerprint density at radius 3 is 2.47 bits per heavy atom. The van der Waals surface area contributed by atoms with Crippen molar-refractivity contribution in [3.05, 3.63) is 33.8 Å². The zero-order chi connectivity index (χ0) is 13.0. The van der Waals surface area contributed by atoms with Crippen molar-refractivity contribution in [3.63, 3.8) is 0 Å². The summed E-state index contributed by atoms with van der Waals surface area (Å²) in [5.74, 6) is -1.19. The van der Waals surface area contributed by atoms with Crippen molar-refractivity contribution in [1.29, 1.82) is 0 Å². The lowest BCUT2D eigenvalue weighted by atomic mass is 10.0. The van der Waals surface area contributed by atoms with Crippen molar-refractivity contribution >= 4 is 35.1 Å². The maximum absolute atomic E-state index is 10.7. The molecule has 92 valence electrons. The van der Waals surface area contributed by atoms with E-state index in [0.29, 0.717) is 15.6 Å². The number of hydrogen-bond donors (Lipinski definition) is 3. The fourth-order valence-corrected chi connectivity index (χ4v) is 1.61. The fourth-order valence-electron chi connectivity index (χ4n) is 1.30. The maximum atomic E-state index is 10.7. The number of nitrogens with two attached hydrogens (primary N) is 2. The molecule has 0 saturated heterocycles. The number of rotatable bonds is 4. The summed E-state index contributed by atoms with van der Waals surface area (Å²) in [6.07, 6.45) is -0.226. The van der Waals surface area contributed by atoms with Crippen LogP contribution in [0.15, 0.2) is 23.2 Å². The van der Waals surface area contributed by atoms with Gasteiger partial charge in [0.2, 0.25) is 0 Å². The minimum absolute atomic E-state index is 0.178. The molecule has 0 radical (unpaired) electrons. The molecular formula is C10H11Cl2N3O2. The number of halogens is 2. The standard InChI is InChI=1S/C10H11Cl2N3O2/c11-6-2-1-5(3-7(6)12)8(4-9(16)17)15-10(13)14/h1-3,8H,4H2,(H,16,17)(H4,13,14,15). The van der Waals surface area contributed by atoms with Crippen LogP contribution in [0.5, 0.6) is 0 Å². The van der Waals surface area contributed by atoms with Gasteiger partial charge in [0.25, 0.3) is 0 Å². The molecule has 0 aromatic heterocycles. The van der Waals surface area contributed by atoms with Gasteiger partial charge in [0.1, 0.15) is 0 Å². The Balaban J connectivity index is 3.08. The first kappa shape index (κ1) is 13.6. The molecule has 1 aromatic rings. The molecule has 5 nitrogen and oxygen atoms in total. The van der Waals surface area contributed by atoms with Crippen molar-refractivity contribution in [3.8, 4) is 0 Å². The number of aliphatic carboxylic acids is 1. The molecule has 0 aliphatic heterocycles. The van der Waals surface area contributed by atoms with Crippen molar-refractivity contribution in [2.24, 2.45) is 16.5 Å². The molecule has 0 aliphatic rings. The lowest BCUT2D eigenvalue weighted by Crippen LogP contribution is -2.24. The molecule has 7 heteroatoms. The van der Waals surface area contributed by atoms with Gasteiger partial charge in [0.05, 0.1) is 22.5 Å². The summed E-state index contributed by atoms with van der Waals surface area (Å²) in [7, 11) is 0. The molecule has 0 fully saturated rings. The molecular weight excluding hydrogens is 265 g/mol. The zero-order valence-electron chi connectivity index (χ0n) is 8.73. The Bertz CT molecular complexity index is 459. The number of carbonyl (C=O) groups is 1. The Kier molecular flexibility index (Phi) is 4.60. The topological polar surface area (TPSA) is 102 Å². The monoisotopic (exact) mass is 275 g/mol. The van der Waals surface area contributed by atoms with Gasteiger partial charge in [-0.3, -0.25) is 4.79 Å². The van der Waals surface area contributed by atoms with Gasteiger partial charge >= 0.3 is 5.97 Å². The molecule has 1 unspecified atom stereocenters. The van der Waals surface area contributed by atoms with Crippen LogP contribution in [-0.2, 0) is 4.79 Å². The lowest BCUT2D eigenvalue weighted by Gasteiger charge is -2.11. The van der Waals surface area contributed by atoms with Crippen LogP contribution >= 0.6 is 23.2 Å². The Morgan fingerprint density at radius 1 is 1.35 bits per heavy atom. The molecule has 1 aromatic carbocycles. The molecule has 5 N–H and O–H groups in total. The Hall–Kier alpha value is -1.46. The van der Waals surface area contributed by atoms with Gasteiger partial charge in [-0.25, -0.2) is 4.99 Å². The number of guanidine groups is 1. The highest BCUT2D eigenvalue weighted by Gasteiger charge is 2.15. The second-order valence-electron chi connectivity index (χ2n) is 3.34. The zero-order valence-corrected chi connectivity index (χ0v) is 10.2. The summed E-state index contributed by atoms with van der Waals surface area (Å²) in [5.41, 5.74) is 11.1. The highest BCUT2D eigenvalue weighted by Crippen LogP contribution is 2.28. The molecule has 1 atom stereocenters. The minimum atomic E-state index is -1.01. The summed E-state index contributed by atoms with van der Waals surface area (Å²) >= 11 is 11.6. The molecule has 0 heterocycles. The van der Waals surface area contributed by atoms with Gasteiger partial charge in [-0.2, -0.15) is 0 Å².